The van der Waals surface area contributed by atoms with Crippen LogP contribution in [-0.4, -0.2) is 26.8 Å². The highest BCUT2D eigenvalue weighted by molar-refractivity contribution is 6.31. The average Bonchev–Trinajstić information content (AvgIpc) is 2.35. The Balaban J connectivity index is 2.96. The van der Waals surface area contributed by atoms with Crippen molar-refractivity contribution >= 4 is 23.0 Å². The zero-order valence-corrected chi connectivity index (χ0v) is 10.9. The van der Waals surface area contributed by atoms with Crippen molar-refractivity contribution in [2.75, 3.05) is 37.4 Å². The summed E-state index contributed by atoms with van der Waals surface area (Å²) in [5, 5.41) is 8.61. The lowest BCUT2D eigenvalue weighted by atomic mass is 10.2. The molecule has 4 nitrogen and oxygen atoms in total. The molecule has 1 aromatic carbocycles. The normalized spacial score (nSPS) is 10.1. The molecule has 0 aromatic heterocycles. The van der Waals surface area contributed by atoms with Crippen molar-refractivity contribution in [1.82, 2.24) is 0 Å². The fourth-order valence-corrected chi connectivity index (χ4v) is 1.74. The second-order valence-electron chi connectivity index (χ2n) is 3.71. The van der Waals surface area contributed by atoms with Crippen LogP contribution in [0.15, 0.2) is 12.1 Å². The summed E-state index contributed by atoms with van der Waals surface area (Å²) in [6, 6.07) is 4.70. The number of nitrogens with zero attached hydrogens (tertiary/aromatic N) is 2. The van der Waals surface area contributed by atoms with Crippen molar-refractivity contribution in [2.24, 2.45) is 0 Å². The first-order chi connectivity index (χ1) is 8.60. The van der Waals surface area contributed by atoms with Crippen molar-refractivity contribution in [1.29, 1.82) is 5.26 Å². The summed E-state index contributed by atoms with van der Waals surface area (Å²) in [5.41, 5.74) is 6.73. The number of benzene rings is 1. The molecule has 6 heteroatoms. The topological polar surface area (TPSA) is 62.3 Å². The summed E-state index contributed by atoms with van der Waals surface area (Å²) in [6.45, 7) is 1.46. The molecule has 0 saturated heterocycles. The summed E-state index contributed by atoms with van der Waals surface area (Å²) < 4.78 is 18.4. The zero-order valence-electron chi connectivity index (χ0n) is 10.1. The smallest absolute Gasteiger partial charge is 0.144 e. The van der Waals surface area contributed by atoms with Gasteiger partial charge in [0.1, 0.15) is 5.82 Å². The largest absolute Gasteiger partial charge is 0.397 e. The lowest BCUT2D eigenvalue weighted by molar-refractivity contribution is 0.205. The minimum Gasteiger partial charge on any atom is -0.397 e. The second-order valence-corrected chi connectivity index (χ2v) is 4.12. The third kappa shape index (κ3) is 3.76. The van der Waals surface area contributed by atoms with Crippen LogP contribution in [-0.2, 0) is 4.74 Å². The molecule has 0 heterocycles. The van der Waals surface area contributed by atoms with Crippen LogP contribution in [0, 0.1) is 17.1 Å². The Morgan fingerprint density at radius 1 is 1.50 bits per heavy atom. The van der Waals surface area contributed by atoms with Gasteiger partial charge < -0.3 is 15.4 Å². The number of methoxy groups -OCH3 is 1. The van der Waals surface area contributed by atoms with E-state index in [2.05, 4.69) is 0 Å². The van der Waals surface area contributed by atoms with E-state index in [4.69, 9.17) is 27.3 Å². The Labute approximate surface area is 111 Å². The maximum absolute atomic E-state index is 13.5. The number of rotatable bonds is 6. The van der Waals surface area contributed by atoms with E-state index >= 15 is 0 Å². The Kier molecular flexibility index (Phi) is 5.69. The SMILES string of the molecule is COCCN(CCC#N)c1cc(F)c(Cl)cc1N. The Morgan fingerprint density at radius 2 is 2.22 bits per heavy atom. The first-order valence-electron chi connectivity index (χ1n) is 5.45. The summed E-state index contributed by atoms with van der Waals surface area (Å²) >= 11 is 5.65. The summed E-state index contributed by atoms with van der Waals surface area (Å²) in [6.07, 6.45) is 0.327. The van der Waals surface area contributed by atoms with Gasteiger partial charge in [0, 0.05) is 26.3 Å². The molecule has 0 saturated carbocycles. The van der Waals surface area contributed by atoms with E-state index < -0.39 is 5.82 Å². The zero-order chi connectivity index (χ0) is 13.5. The van der Waals surface area contributed by atoms with Gasteiger partial charge in [0.05, 0.1) is 35.5 Å². The van der Waals surface area contributed by atoms with Crippen molar-refractivity contribution in [3.63, 3.8) is 0 Å². The molecule has 0 amide bonds. The number of nitriles is 1. The molecule has 2 N–H and O–H groups in total. The Hall–Kier alpha value is -1.51. The molecule has 0 aliphatic rings. The first kappa shape index (κ1) is 14.6. The third-order valence-corrected chi connectivity index (χ3v) is 2.76. The van der Waals surface area contributed by atoms with Crippen LogP contribution in [0.1, 0.15) is 6.42 Å². The van der Waals surface area contributed by atoms with Gasteiger partial charge in [0.25, 0.3) is 0 Å². The quantitative estimate of drug-likeness (QED) is 0.807. The molecule has 1 aromatic rings. The number of nitrogen functional groups attached to an aromatic ring is 1. The molecule has 0 radical (unpaired) electrons. The third-order valence-electron chi connectivity index (χ3n) is 2.47. The maximum Gasteiger partial charge on any atom is 0.144 e. The second kappa shape index (κ2) is 7.04. The first-order valence-corrected chi connectivity index (χ1v) is 5.83. The van der Waals surface area contributed by atoms with Crippen LogP contribution < -0.4 is 10.6 Å². The number of halogens is 2. The molecule has 0 fully saturated rings. The van der Waals surface area contributed by atoms with Gasteiger partial charge >= 0.3 is 0 Å². The standard InChI is InChI=1S/C12H15ClFN3O/c1-18-6-5-17(4-2-3-15)12-8-10(14)9(13)7-11(12)16/h7-8H,2,4-6,16H2,1H3. The van der Waals surface area contributed by atoms with Crippen molar-refractivity contribution in [3.8, 4) is 6.07 Å². The molecular formula is C12H15ClFN3O. The van der Waals surface area contributed by atoms with Crippen molar-refractivity contribution < 1.29 is 9.13 Å². The van der Waals surface area contributed by atoms with Gasteiger partial charge in [-0.2, -0.15) is 5.26 Å². The molecule has 0 spiro atoms. The fourth-order valence-electron chi connectivity index (χ4n) is 1.56. The average molecular weight is 272 g/mol. The number of nitrogens with two attached hydrogens (primary N) is 1. The monoisotopic (exact) mass is 271 g/mol. The molecular weight excluding hydrogens is 257 g/mol. The number of anilines is 2. The van der Waals surface area contributed by atoms with Crippen LogP contribution in [0.4, 0.5) is 15.8 Å². The molecule has 0 unspecified atom stereocenters. The van der Waals surface area contributed by atoms with Gasteiger partial charge in [-0.05, 0) is 6.07 Å². The molecule has 98 valence electrons. The molecule has 0 bridgehead atoms. The minimum atomic E-state index is -0.528. The number of hydrogen-bond donors (Lipinski definition) is 1. The lowest BCUT2D eigenvalue weighted by Crippen LogP contribution is -2.29. The van der Waals surface area contributed by atoms with E-state index in [1.165, 1.54) is 12.1 Å². The van der Waals surface area contributed by atoms with E-state index in [-0.39, 0.29) is 5.02 Å². The summed E-state index contributed by atoms with van der Waals surface area (Å²) in [7, 11) is 1.58. The van der Waals surface area contributed by atoms with E-state index in [1.807, 2.05) is 11.0 Å². The van der Waals surface area contributed by atoms with Crippen LogP contribution in [0.3, 0.4) is 0 Å². The van der Waals surface area contributed by atoms with Gasteiger partial charge in [0.2, 0.25) is 0 Å². The highest BCUT2D eigenvalue weighted by Gasteiger charge is 2.13. The molecule has 0 atom stereocenters. The van der Waals surface area contributed by atoms with Crippen LogP contribution >= 0.6 is 11.6 Å². The van der Waals surface area contributed by atoms with Gasteiger partial charge in [-0.15, -0.1) is 0 Å². The minimum absolute atomic E-state index is 0.0109. The van der Waals surface area contributed by atoms with Gasteiger partial charge in [-0.25, -0.2) is 4.39 Å². The molecule has 1 rings (SSSR count). The number of ether oxygens (including phenoxy) is 1. The molecule has 0 aliphatic carbocycles. The highest BCUT2D eigenvalue weighted by Crippen LogP contribution is 2.29. The van der Waals surface area contributed by atoms with Gasteiger partial charge in [-0.3, -0.25) is 0 Å². The maximum atomic E-state index is 13.5. The predicted molar refractivity (Wildman–Crippen MR) is 70.1 cm³/mol. The molecule has 0 aliphatic heterocycles. The fraction of sp³-hybridized carbons (Fsp3) is 0.417. The van der Waals surface area contributed by atoms with Crippen molar-refractivity contribution in [3.05, 3.63) is 23.0 Å². The lowest BCUT2D eigenvalue weighted by Gasteiger charge is -2.25. The Bertz CT molecular complexity index is 448. The molecule has 18 heavy (non-hydrogen) atoms. The van der Waals surface area contributed by atoms with Crippen molar-refractivity contribution in [2.45, 2.75) is 6.42 Å². The highest BCUT2D eigenvalue weighted by atomic mass is 35.5. The van der Waals surface area contributed by atoms with E-state index in [0.29, 0.717) is 37.5 Å². The van der Waals surface area contributed by atoms with Gasteiger partial charge in [-0.1, -0.05) is 11.6 Å². The van der Waals surface area contributed by atoms with Crippen LogP contribution in [0.25, 0.3) is 0 Å². The number of hydrogen-bond acceptors (Lipinski definition) is 4. The summed E-state index contributed by atoms with van der Waals surface area (Å²) in [5.74, 6) is -0.528. The van der Waals surface area contributed by atoms with E-state index in [1.54, 1.807) is 7.11 Å². The van der Waals surface area contributed by atoms with Crippen LogP contribution in [0.2, 0.25) is 5.02 Å². The van der Waals surface area contributed by atoms with E-state index in [9.17, 15) is 4.39 Å². The predicted octanol–water partition coefficient (Wildman–Crippen LogP) is 2.43. The van der Waals surface area contributed by atoms with Gasteiger partial charge in [0.15, 0.2) is 0 Å². The summed E-state index contributed by atoms with van der Waals surface area (Å²) in [4.78, 5) is 1.81. The van der Waals surface area contributed by atoms with Crippen LogP contribution in [0.5, 0.6) is 0 Å². The van der Waals surface area contributed by atoms with E-state index in [0.717, 1.165) is 0 Å². The Morgan fingerprint density at radius 3 is 2.83 bits per heavy atom.